The van der Waals surface area contributed by atoms with Crippen molar-refractivity contribution in [2.45, 2.75) is 19.9 Å². The Balaban J connectivity index is 2.39. The van der Waals surface area contributed by atoms with Crippen molar-refractivity contribution in [1.82, 2.24) is 9.78 Å². The lowest BCUT2D eigenvalue weighted by Gasteiger charge is -2.03. The topological polar surface area (TPSA) is 38.0 Å². The van der Waals surface area contributed by atoms with E-state index in [9.17, 15) is 9.50 Å². The molecule has 0 fully saturated rings. The Morgan fingerprint density at radius 1 is 1.31 bits per heavy atom. The van der Waals surface area contributed by atoms with Gasteiger partial charge in [0.25, 0.3) is 0 Å². The zero-order chi connectivity index (χ0) is 11.7. The Kier molecular flexibility index (Phi) is 2.64. The molecule has 0 atom stereocenters. The average Bonchev–Trinajstić information content (AvgIpc) is 2.71. The van der Waals surface area contributed by atoms with Crippen LogP contribution < -0.4 is 0 Å². The molecule has 0 saturated heterocycles. The van der Waals surface area contributed by atoms with Crippen molar-refractivity contribution in [3.63, 3.8) is 0 Å². The minimum atomic E-state index is -0.611. The first-order valence-corrected chi connectivity index (χ1v) is 5.11. The van der Waals surface area contributed by atoms with Crippen LogP contribution in [0, 0.1) is 5.82 Å². The zero-order valence-electron chi connectivity index (χ0n) is 9.18. The molecule has 0 bridgehead atoms. The summed E-state index contributed by atoms with van der Waals surface area (Å²) in [6.07, 6.45) is 3.57. The third-order valence-electron chi connectivity index (χ3n) is 2.41. The van der Waals surface area contributed by atoms with Gasteiger partial charge in [-0.05, 0) is 31.5 Å². The number of hydrogen-bond acceptors (Lipinski definition) is 2. The molecular weight excluding hydrogens is 207 g/mol. The first-order chi connectivity index (χ1) is 7.58. The first kappa shape index (κ1) is 10.7. The second-order valence-electron chi connectivity index (χ2n) is 3.97. The number of phenolic OH excluding ortho intramolecular Hbond substituents is 1. The molecule has 0 saturated carbocycles. The summed E-state index contributed by atoms with van der Waals surface area (Å²) in [5.41, 5.74) is 1.62. The monoisotopic (exact) mass is 220 g/mol. The fourth-order valence-corrected chi connectivity index (χ4v) is 1.46. The molecule has 84 valence electrons. The molecule has 1 heterocycles. The SMILES string of the molecule is CC(C)n1cc(-c2ccc(F)c(O)c2)cn1. The molecule has 0 spiro atoms. The average molecular weight is 220 g/mol. The van der Waals surface area contributed by atoms with Crippen molar-refractivity contribution >= 4 is 0 Å². The highest BCUT2D eigenvalue weighted by Crippen LogP contribution is 2.25. The van der Waals surface area contributed by atoms with Crippen LogP contribution in [0.15, 0.2) is 30.6 Å². The van der Waals surface area contributed by atoms with Crippen LogP contribution in [0.2, 0.25) is 0 Å². The Hall–Kier alpha value is -1.84. The van der Waals surface area contributed by atoms with Gasteiger partial charge in [0.15, 0.2) is 11.6 Å². The summed E-state index contributed by atoms with van der Waals surface area (Å²) < 4.78 is 14.7. The summed E-state index contributed by atoms with van der Waals surface area (Å²) in [6.45, 7) is 4.05. The van der Waals surface area contributed by atoms with E-state index in [1.54, 1.807) is 12.3 Å². The summed E-state index contributed by atoms with van der Waals surface area (Å²) in [5.74, 6) is -0.949. The van der Waals surface area contributed by atoms with E-state index in [0.29, 0.717) is 0 Å². The lowest BCUT2D eigenvalue weighted by Crippen LogP contribution is -1.99. The Bertz CT molecular complexity index is 505. The molecule has 0 radical (unpaired) electrons. The van der Waals surface area contributed by atoms with Gasteiger partial charge in [0, 0.05) is 17.8 Å². The van der Waals surface area contributed by atoms with Crippen LogP contribution in [-0.2, 0) is 0 Å². The van der Waals surface area contributed by atoms with Gasteiger partial charge in [0.05, 0.1) is 6.20 Å². The van der Waals surface area contributed by atoms with Gasteiger partial charge in [-0.1, -0.05) is 6.07 Å². The third kappa shape index (κ3) is 1.91. The van der Waals surface area contributed by atoms with Gasteiger partial charge < -0.3 is 5.11 Å². The second-order valence-corrected chi connectivity index (χ2v) is 3.97. The summed E-state index contributed by atoms with van der Waals surface area (Å²) in [7, 11) is 0. The molecule has 0 amide bonds. The van der Waals surface area contributed by atoms with Gasteiger partial charge in [0.2, 0.25) is 0 Å². The van der Waals surface area contributed by atoms with E-state index in [4.69, 9.17) is 0 Å². The predicted octanol–water partition coefficient (Wildman–Crippen LogP) is 2.98. The second kappa shape index (κ2) is 3.96. The Morgan fingerprint density at radius 3 is 2.62 bits per heavy atom. The largest absolute Gasteiger partial charge is 0.505 e. The van der Waals surface area contributed by atoms with Crippen molar-refractivity contribution in [1.29, 1.82) is 0 Å². The number of nitrogens with zero attached hydrogens (tertiary/aromatic N) is 2. The third-order valence-corrected chi connectivity index (χ3v) is 2.41. The first-order valence-electron chi connectivity index (χ1n) is 5.11. The minimum Gasteiger partial charge on any atom is -0.505 e. The van der Waals surface area contributed by atoms with Crippen molar-refractivity contribution in [2.75, 3.05) is 0 Å². The zero-order valence-corrected chi connectivity index (χ0v) is 9.18. The molecule has 0 aliphatic rings. The summed E-state index contributed by atoms with van der Waals surface area (Å²) >= 11 is 0. The van der Waals surface area contributed by atoms with E-state index >= 15 is 0 Å². The van der Waals surface area contributed by atoms with Crippen LogP contribution in [0.3, 0.4) is 0 Å². The number of aromatic nitrogens is 2. The number of aromatic hydroxyl groups is 1. The molecule has 1 aromatic carbocycles. The normalized spacial score (nSPS) is 11.0. The number of halogens is 1. The summed E-state index contributed by atoms with van der Waals surface area (Å²) in [6, 6.07) is 4.55. The smallest absolute Gasteiger partial charge is 0.164 e. The molecule has 1 aromatic heterocycles. The molecule has 0 aliphatic carbocycles. The Morgan fingerprint density at radius 2 is 2.06 bits per heavy atom. The van der Waals surface area contributed by atoms with Gasteiger partial charge in [-0.25, -0.2) is 4.39 Å². The molecule has 16 heavy (non-hydrogen) atoms. The van der Waals surface area contributed by atoms with Gasteiger partial charge in [0.1, 0.15) is 0 Å². The molecule has 3 nitrogen and oxygen atoms in total. The molecule has 1 N–H and O–H groups in total. The van der Waals surface area contributed by atoms with E-state index in [2.05, 4.69) is 5.10 Å². The van der Waals surface area contributed by atoms with Crippen molar-refractivity contribution < 1.29 is 9.50 Å². The van der Waals surface area contributed by atoms with Gasteiger partial charge in [-0.3, -0.25) is 4.68 Å². The van der Waals surface area contributed by atoms with Gasteiger partial charge in [-0.2, -0.15) is 5.10 Å². The molecule has 0 aliphatic heterocycles. The Labute approximate surface area is 93.2 Å². The fourth-order valence-electron chi connectivity index (χ4n) is 1.46. The maximum Gasteiger partial charge on any atom is 0.164 e. The highest BCUT2D eigenvalue weighted by atomic mass is 19.1. The van der Waals surface area contributed by atoms with Crippen LogP contribution in [0.5, 0.6) is 5.75 Å². The van der Waals surface area contributed by atoms with Crippen molar-refractivity contribution in [3.8, 4) is 16.9 Å². The highest BCUT2D eigenvalue weighted by molar-refractivity contribution is 5.63. The summed E-state index contributed by atoms with van der Waals surface area (Å²) in [5, 5.41) is 13.5. The lowest BCUT2D eigenvalue weighted by atomic mass is 10.1. The summed E-state index contributed by atoms with van der Waals surface area (Å²) in [4.78, 5) is 0. The quantitative estimate of drug-likeness (QED) is 0.844. The molecule has 0 unspecified atom stereocenters. The molecule has 2 aromatic rings. The van der Waals surface area contributed by atoms with E-state index in [0.717, 1.165) is 11.1 Å². The molecular formula is C12H13FN2O. The standard InChI is InChI=1S/C12H13FN2O/c1-8(2)15-7-10(6-14-15)9-3-4-11(13)12(16)5-9/h3-8,16H,1-2H3. The van der Waals surface area contributed by atoms with Crippen LogP contribution in [0.4, 0.5) is 4.39 Å². The van der Waals surface area contributed by atoms with E-state index in [1.807, 2.05) is 24.7 Å². The van der Waals surface area contributed by atoms with E-state index < -0.39 is 5.82 Å². The van der Waals surface area contributed by atoms with Crippen molar-refractivity contribution in [3.05, 3.63) is 36.4 Å². The maximum atomic E-state index is 12.9. The lowest BCUT2D eigenvalue weighted by molar-refractivity contribution is 0.433. The van der Waals surface area contributed by atoms with E-state index in [1.165, 1.54) is 12.1 Å². The number of rotatable bonds is 2. The molecule has 4 heteroatoms. The van der Waals surface area contributed by atoms with Gasteiger partial charge in [-0.15, -0.1) is 0 Å². The van der Waals surface area contributed by atoms with E-state index in [-0.39, 0.29) is 11.8 Å². The van der Waals surface area contributed by atoms with Crippen LogP contribution in [0.25, 0.3) is 11.1 Å². The number of phenols is 1. The van der Waals surface area contributed by atoms with Crippen LogP contribution in [0.1, 0.15) is 19.9 Å². The van der Waals surface area contributed by atoms with Gasteiger partial charge >= 0.3 is 0 Å². The fraction of sp³-hybridized carbons (Fsp3) is 0.250. The van der Waals surface area contributed by atoms with Crippen molar-refractivity contribution in [2.24, 2.45) is 0 Å². The van der Waals surface area contributed by atoms with Crippen LogP contribution >= 0.6 is 0 Å². The van der Waals surface area contributed by atoms with Crippen LogP contribution in [-0.4, -0.2) is 14.9 Å². The highest BCUT2D eigenvalue weighted by Gasteiger charge is 2.06. The minimum absolute atomic E-state index is 0.280. The molecule has 2 rings (SSSR count). The number of hydrogen-bond donors (Lipinski definition) is 1. The predicted molar refractivity (Wildman–Crippen MR) is 59.7 cm³/mol. The maximum absolute atomic E-state index is 12.9. The number of benzene rings is 1.